The molecule has 1 aromatic carbocycles. The Bertz CT molecular complexity index is 1140. The Kier molecular flexibility index (Phi) is 5.00. The van der Waals surface area contributed by atoms with Crippen LogP contribution in [0.5, 0.6) is 0 Å². The van der Waals surface area contributed by atoms with Gasteiger partial charge in [-0.1, -0.05) is 17.3 Å². The maximum atomic E-state index is 13.1. The lowest BCUT2D eigenvalue weighted by molar-refractivity contribution is 0.183. The van der Waals surface area contributed by atoms with Gasteiger partial charge in [0.2, 0.25) is 10.0 Å². The van der Waals surface area contributed by atoms with Crippen molar-refractivity contribution in [1.82, 2.24) is 19.0 Å². The number of para-hydroxylation sites is 1. The molecule has 1 aliphatic rings. The van der Waals surface area contributed by atoms with E-state index in [0.717, 1.165) is 6.26 Å². The van der Waals surface area contributed by atoms with Gasteiger partial charge in [0.1, 0.15) is 17.0 Å². The van der Waals surface area contributed by atoms with Gasteiger partial charge in [0.05, 0.1) is 36.3 Å². The fraction of sp³-hybridized carbons (Fsp3) is 0.389. The molecular formula is C18H20N4O5S. The molecule has 148 valence electrons. The molecule has 3 heterocycles. The first-order chi connectivity index (χ1) is 13.5. The molecule has 0 spiro atoms. The lowest BCUT2D eigenvalue weighted by Crippen LogP contribution is -2.36. The van der Waals surface area contributed by atoms with E-state index in [2.05, 4.69) is 10.1 Å². The summed E-state index contributed by atoms with van der Waals surface area (Å²) in [7, 11) is -2.25. The number of ether oxygens (including phenoxy) is 1. The van der Waals surface area contributed by atoms with Crippen molar-refractivity contribution in [1.29, 1.82) is 0 Å². The maximum Gasteiger partial charge on any atom is 0.261 e. The highest BCUT2D eigenvalue weighted by Crippen LogP contribution is 2.35. The zero-order valence-corrected chi connectivity index (χ0v) is 16.1. The third-order valence-corrected chi connectivity index (χ3v) is 6.78. The van der Waals surface area contributed by atoms with Gasteiger partial charge in [-0.2, -0.15) is 4.31 Å². The van der Waals surface area contributed by atoms with Crippen molar-refractivity contribution >= 4 is 20.9 Å². The summed E-state index contributed by atoms with van der Waals surface area (Å²) in [5, 5.41) is 4.00. The van der Waals surface area contributed by atoms with Crippen LogP contribution in [0.1, 0.15) is 24.7 Å². The van der Waals surface area contributed by atoms with Gasteiger partial charge in [-0.15, -0.1) is 0 Å². The quantitative estimate of drug-likeness (QED) is 0.613. The van der Waals surface area contributed by atoms with E-state index in [4.69, 9.17) is 9.26 Å². The summed E-state index contributed by atoms with van der Waals surface area (Å²) >= 11 is 0. The summed E-state index contributed by atoms with van der Waals surface area (Å²) in [5.74, 6) is 0.429. The van der Waals surface area contributed by atoms with E-state index >= 15 is 0 Å². The molecule has 0 saturated carbocycles. The monoisotopic (exact) mass is 404 g/mol. The number of sulfonamides is 1. The molecule has 1 saturated heterocycles. The lowest BCUT2D eigenvalue weighted by atomic mass is 10.2. The van der Waals surface area contributed by atoms with Crippen LogP contribution in [0, 0.1) is 0 Å². The van der Waals surface area contributed by atoms with Gasteiger partial charge in [0.15, 0.2) is 0 Å². The van der Waals surface area contributed by atoms with E-state index < -0.39 is 16.1 Å². The highest BCUT2D eigenvalue weighted by Gasteiger charge is 2.39. The Morgan fingerprint density at radius 3 is 2.89 bits per heavy atom. The van der Waals surface area contributed by atoms with Gasteiger partial charge in [0.25, 0.3) is 5.56 Å². The third kappa shape index (κ3) is 3.13. The van der Waals surface area contributed by atoms with Crippen molar-refractivity contribution in [2.45, 2.75) is 30.3 Å². The number of aromatic nitrogens is 3. The number of methoxy groups -OCH3 is 1. The molecule has 0 N–H and O–H groups in total. The van der Waals surface area contributed by atoms with E-state index in [9.17, 15) is 13.2 Å². The van der Waals surface area contributed by atoms with Crippen LogP contribution in [0.25, 0.3) is 10.9 Å². The predicted octanol–water partition coefficient (Wildman–Crippen LogP) is 1.56. The second-order valence-electron chi connectivity index (χ2n) is 6.57. The molecule has 0 amide bonds. The second kappa shape index (κ2) is 7.46. The van der Waals surface area contributed by atoms with Crippen LogP contribution >= 0.6 is 0 Å². The maximum absolute atomic E-state index is 13.1. The van der Waals surface area contributed by atoms with E-state index in [-0.39, 0.29) is 10.5 Å². The zero-order chi connectivity index (χ0) is 19.7. The fourth-order valence-corrected chi connectivity index (χ4v) is 5.10. The molecule has 9 nitrogen and oxygen atoms in total. The van der Waals surface area contributed by atoms with Gasteiger partial charge < -0.3 is 9.26 Å². The minimum absolute atomic E-state index is 0.00835. The average Bonchev–Trinajstić information content (AvgIpc) is 3.39. The fourth-order valence-electron chi connectivity index (χ4n) is 3.58. The molecule has 1 unspecified atom stereocenters. The van der Waals surface area contributed by atoms with Gasteiger partial charge in [0, 0.05) is 13.7 Å². The van der Waals surface area contributed by atoms with Crippen molar-refractivity contribution in [3.63, 3.8) is 0 Å². The van der Waals surface area contributed by atoms with Gasteiger partial charge >= 0.3 is 0 Å². The summed E-state index contributed by atoms with van der Waals surface area (Å²) < 4.78 is 38.8. The van der Waals surface area contributed by atoms with Crippen LogP contribution in [0.15, 0.2) is 50.9 Å². The summed E-state index contributed by atoms with van der Waals surface area (Å²) in [6.45, 7) is 0.948. The largest absolute Gasteiger partial charge is 0.383 e. The standard InChI is InChI=1S/C18H20N4O5S/c1-26-10-9-21-17(20-15-6-3-2-5-14(15)18(21)23)16-7-4-8-22(16)28(24,25)13-11-19-27-12-13/h2-3,5-6,11-12,16H,4,7-10H2,1H3. The van der Waals surface area contributed by atoms with E-state index in [1.165, 1.54) is 15.1 Å². The molecule has 3 aromatic rings. The second-order valence-corrected chi connectivity index (χ2v) is 8.46. The molecule has 1 atom stereocenters. The average molecular weight is 404 g/mol. The molecule has 28 heavy (non-hydrogen) atoms. The summed E-state index contributed by atoms with van der Waals surface area (Å²) in [5.41, 5.74) is 0.345. The first-order valence-corrected chi connectivity index (χ1v) is 10.4. The summed E-state index contributed by atoms with van der Waals surface area (Å²) in [6.07, 6.45) is 3.53. The molecule has 2 aromatic heterocycles. The van der Waals surface area contributed by atoms with E-state index in [0.29, 0.717) is 49.3 Å². The van der Waals surface area contributed by atoms with Gasteiger partial charge in [-0.3, -0.25) is 9.36 Å². The summed E-state index contributed by atoms with van der Waals surface area (Å²) in [6, 6.07) is 6.52. The van der Waals surface area contributed by atoms with Crippen LogP contribution in [-0.2, 0) is 21.3 Å². The topological polar surface area (TPSA) is 108 Å². The van der Waals surface area contributed by atoms with Gasteiger partial charge in [-0.05, 0) is 25.0 Å². The summed E-state index contributed by atoms with van der Waals surface area (Å²) in [4.78, 5) is 17.7. The predicted molar refractivity (Wildman–Crippen MR) is 100 cm³/mol. The number of rotatable bonds is 6. The van der Waals surface area contributed by atoms with Crippen molar-refractivity contribution < 1.29 is 17.7 Å². The zero-order valence-electron chi connectivity index (χ0n) is 15.3. The van der Waals surface area contributed by atoms with Gasteiger partial charge in [-0.25, -0.2) is 13.4 Å². The smallest absolute Gasteiger partial charge is 0.261 e. The van der Waals surface area contributed by atoms with Crippen LogP contribution in [0.4, 0.5) is 0 Å². The minimum atomic E-state index is -3.81. The molecule has 10 heteroatoms. The van der Waals surface area contributed by atoms with Crippen LogP contribution < -0.4 is 5.56 Å². The minimum Gasteiger partial charge on any atom is -0.383 e. The van der Waals surface area contributed by atoms with E-state index in [1.54, 1.807) is 31.4 Å². The number of fused-ring (bicyclic) bond motifs is 1. The Labute approximate surface area is 161 Å². The van der Waals surface area contributed by atoms with Crippen molar-refractivity contribution in [2.75, 3.05) is 20.3 Å². The first kappa shape index (κ1) is 18.8. The Morgan fingerprint density at radius 2 is 2.14 bits per heavy atom. The first-order valence-electron chi connectivity index (χ1n) is 8.93. The Hall–Kier alpha value is -2.56. The van der Waals surface area contributed by atoms with E-state index in [1.807, 2.05) is 0 Å². The molecule has 1 aliphatic heterocycles. The highest BCUT2D eigenvalue weighted by molar-refractivity contribution is 7.89. The van der Waals surface area contributed by atoms with Crippen LogP contribution in [-0.4, -0.2) is 47.7 Å². The molecule has 0 bridgehead atoms. The van der Waals surface area contributed by atoms with Crippen molar-refractivity contribution in [2.24, 2.45) is 0 Å². The highest BCUT2D eigenvalue weighted by atomic mass is 32.2. The third-order valence-electron chi connectivity index (χ3n) is 4.93. The van der Waals surface area contributed by atoms with Crippen LogP contribution in [0.2, 0.25) is 0 Å². The Balaban J connectivity index is 1.86. The van der Waals surface area contributed by atoms with Crippen molar-refractivity contribution in [3.8, 4) is 0 Å². The molecule has 0 radical (unpaired) electrons. The lowest BCUT2D eigenvalue weighted by Gasteiger charge is -2.25. The number of benzene rings is 1. The number of nitrogens with zero attached hydrogens (tertiary/aromatic N) is 4. The SMILES string of the molecule is COCCn1c(C2CCCN2S(=O)(=O)c2cnoc2)nc2ccccc2c1=O. The molecule has 0 aliphatic carbocycles. The molecule has 4 rings (SSSR count). The number of hydrogen-bond donors (Lipinski definition) is 0. The normalized spacial score (nSPS) is 18.1. The molecule has 1 fully saturated rings. The van der Waals surface area contributed by atoms with Crippen molar-refractivity contribution in [3.05, 3.63) is 52.9 Å². The van der Waals surface area contributed by atoms with Crippen LogP contribution in [0.3, 0.4) is 0 Å². The Morgan fingerprint density at radius 1 is 1.32 bits per heavy atom. The number of hydrogen-bond acceptors (Lipinski definition) is 7. The molecular weight excluding hydrogens is 384 g/mol.